The van der Waals surface area contributed by atoms with Crippen LogP contribution in [0, 0.1) is 5.82 Å². The first-order valence-corrected chi connectivity index (χ1v) is 20.1. The molecule has 4 amide bonds. The van der Waals surface area contributed by atoms with Gasteiger partial charge in [-0.2, -0.15) is 0 Å². The molecule has 4 aromatic rings. The molecule has 1 fully saturated rings. The van der Waals surface area contributed by atoms with Gasteiger partial charge in [0.15, 0.2) is 5.78 Å². The van der Waals surface area contributed by atoms with Crippen molar-refractivity contribution >= 4 is 29.8 Å². The number of nitrogens with one attached hydrogen (secondary N) is 2. The van der Waals surface area contributed by atoms with E-state index >= 15 is 0 Å². The van der Waals surface area contributed by atoms with Crippen molar-refractivity contribution in [3.8, 4) is 11.1 Å². The van der Waals surface area contributed by atoms with E-state index in [9.17, 15) is 28.4 Å². The third-order valence-electron chi connectivity index (χ3n) is 10.8. The summed E-state index contributed by atoms with van der Waals surface area (Å²) in [4.78, 5) is 74.1. The molecule has 1 aromatic heterocycles. The van der Waals surface area contributed by atoms with Crippen LogP contribution in [0.5, 0.6) is 0 Å². The van der Waals surface area contributed by atoms with E-state index in [1.165, 1.54) is 42.4 Å². The average molecular weight is 806 g/mol. The van der Waals surface area contributed by atoms with Crippen molar-refractivity contribution in [2.24, 2.45) is 0 Å². The van der Waals surface area contributed by atoms with Crippen LogP contribution in [0.15, 0.2) is 91.3 Å². The van der Waals surface area contributed by atoms with Crippen LogP contribution in [0.3, 0.4) is 0 Å². The van der Waals surface area contributed by atoms with Crippen molar-refractivity contribution in [1.29, 1.82) is 0 Å². The molecule has 0 radical (unpaired) electrons. The number of unbranched alkanes of at least 4 members (excludes halogenated alkanes) is 1. The van der Waals surface area contributed by atoms with E-state index in [-0.39, 0.29) is 37.2 Å². The Labute approximate surface area is 344 Å². The minimum Gasteiger partial charge on any atom is -0.449 e. The number of fused-ring (bicyclic) bond motifs is 3. The second-order valence-electron chi connectivity index (χ2n) is 16.1. The van der Waals surface area contributed by atoms with E-state index < -0.39 is 47.6 Å². The van der Waals surface area contributed by atoms with E-state index in [1.807, 2.05) is 24.3 Å². The lowest BCUT2D eigenvalue weighted by Gasteiger charge is -2.32. The van der Waals surface area contributed by atoms with E-state index in [2.05, 4.69) is 39.9 Å². The highest BCUT2D eigenvalue weighted by Gasteiger charge is 2.37. The SMILES string of the molecule is C[C@@H](C(=O)N[C@@H](CCCCNC(=O)OCC1c2ccccc2-c2ccccc21)C(=O)N1CCC[C@H]1c1cncc(C(=O)c2ccc(F)cc2)c1)N(C)C(=O)OC(C)(C)C. The van der Waals surface area contributed by atoms with E-state index in [0.29, 0.717) is 48.9 Å². The van der Waals surface area contributed by atoms with Gasteiger partial charge < -0.3 is 25.0 Å². The zero-order valence-electron chi connectivity index (χ0n) is 34.2. The van der Waals surface area contributed by atoms with Crippen LogP contribution in [-0.4, -0.2) is 89.0 Å². The fourth-order valence-corrected chi connectivity index (χ4v) is 7.64. The van der Waals surface area contributed by atoms with Gasteiger partial charge in [-0.3, -0.25) is 24.3 Å². The Bertz CT molecular complexity index is 2130. The normalized spacial score (nSPS) is 15.7. The number of likely N-dealkylation sites (tertiary alicyclic amines) is 1. The number of carbonyl (C=O) groups excluding carboxylic acids is 5. The number of ketones is 1. The predicted molar refractivity (Wildman–Crippen MR) is 220 cm³/mol. The van der Waals surface area contributed by atoms with Crippen molar-refractivity contribution in [3.63, 3.8) is 0 Å². The Morgan fingerprint density at radius 1 is 0.915 bits per heavy atom. The predicted octanol–water partition coefficient (Wildman–Crippen LogP) is 7.56. The monoisotopic (exact) mass is 805 g/mol. The summed E-state index contributed by atoms with van der Waals surface area (Å²) in [7, 11) is 1.47. The standard InChI is InChI=1S/C46H52FN5O7/c1-29(51(5)45(57)59-46(2,3)4)42(54)50-39(17-10-11-23-49-44(56)58-28-38-36-15-8-6-13-34(36)35-14-7-9-16-37(35)38)43(55)52-24-12-18-40(52)31-25-32(27-48-26-31)41(53)30-19-21-33(47)22-20-30/h6-9,13-16,19-22,25-27,29,38-40H,10-12,17-18,23-24,28H2,1-5H3,(H,49,56)(H,50,54)/t29-,39-,40-/m0/s1. The van der Waals surface area contributed by atoms with Gasteiger partial charge in [-0.1, -0.05) is 48.5 Å². The van der Waals surface area contributed by atoms with Crippen molar-refractivity contribution in [2.75, 3.05) is 26.7 Å². The highest BCUT2D eigenvalue weighted by atomic mass is 19.1. The molecule has 2 N–H and O–H groups in total. The summed E-state index contributed by atoms with van der Waals surface area (Å²) < 4.78 is 24.7. The maximum Gasteiger partial charge on any atom is 0.410 e. The van der Waals surface area contributed by atoms with Gasteiger partial charge in [0.2, 0.25) is 11.8 Å². The van der Waals surface area contributed by atoms with Crippen molar-refractivity contribution in [2.45, 2.75) is 89.4 Å². The van der Waals surface area contributed by atoms with Crippen molar-refractivity contribution < 1.29 is 37.8 Å². The fourth-order valence-electron chi connectivity index (χ4n) is 7.64. The topological polar surface area (TPSA) is 147 Å². The third-order valence-corrected chi connectivity index (χ3v) is 10.8. The molecule has 1 aliphatic heterocycles. The smallest absolute Gasteiger partial charge is 0.410 e. The summed E-state index contributed by atoms with van der Waals surface area (Å²) >= 11 is 0. The highest BCUT2D eigenvalue weighted by molar-refractivity contribution is 6.08. The van der Waals surface area contributed by atoms with Crippen LogP contribution < -0.4 is 10.6 Å². The minimum absolute atomic E-state index is 0.0664. The number of carbonyl (C=O) groups is 5. The van der Waals surface area contributed by atoms with E-state index in [4.69, 9.17) is 9.47 Å². The Balaban J connectivity index is 1.09. The second-order valence-corrected chi connectivity index (χ2v) is 16.1. The molecule has 13 heteroatoms. The number of hydrogen-bond donors (Lipinski definition) is 2. The number of alkyl carbamates (subject to hydrolysis) is 1. The van der Waals surface area contributed by atoms with Gasteiger partial charge in [-0.25, -0.2) is 14.0 Å². The third kappa shape index (κ3) is 10.3. The molecule has 2 aliphatic rings. The number of hydrogen-bond acceptors (Lipinski definition) is 8. The van der Waals surface area contributed by atoms with Gasteiger partial charge in [0, 0.05) is 49.6 Å². The number of nitrogens with zero attached hydrogens (tertiary/aromatic N) is 3. The number of pyridine rings is 1. The number of ether oxygens (including phenoxy) is 2. The van der Waals surface area contributed by atoms with Crippen LogP contribution >= 0.6 is 0 Å². The summed E-state index contributed by atoms with van der Waals surface area (Å²) in [5.41, 5.74) is 5.03. The van der Waals surface area contributed by atoms with Gasteiger partial charge in [-0.15, -0.1) is 0 Å². The Kier molecular flexibility index (Phi) is 13.4. The lowest BCUT2D eigenvalue weighted by molar-refractivity contribution is -0.138. The molecular weight excluding hydrogens is 754 g/mol. The molecule has 0 saturated carbocycles. The first kappa shape index (κ1) is 42.5. The molecule has 6 rings (SSSR count). The van der Waals surface area contributed by atoms with Crippen LogP contribution in [0.25, 0.3) is 11.1 Å². The van der Waals surface area contributed by atoms with Crippen molar-refractivity contribution in [1.82, 2.24) is 25.4 Å². The van der Waals surface area contributed by atoms with E-state index in [0.717, 1.165) is 22.3 Å². The van der Waals surface area contributed by atoms with Gasteiger partial charge >= 0.3 is 12.2 Å². The maximum absolute atomic E-state index is 14.4. The number of benzene rings is 3. The molecule has 0 unspecified atom stereocenters. The number of amides is 4. The number of aromatic nitrogens is 1. The molecule has 1 aliphatic carbocycles. The molecule has 3 aromatic carbocycles. The summed E-state index contributed by atoms with van der Waals surface area (Å²) in [5, 5.41) is 5.72. The quantitative estimate of drug-likeness (QED) is 0.0981. The molecule has 1 saturated heterocycles. The number of likely N-dealkylation sites (N-methyl/N-ethyl adjacent to an activating group) is 1. The van der Waals surface area contributed by atoms with Gasteiger partial charge in [0.05, 0.1) is 6.04 Å². The largest absolute Gasteiger partial charge is 0.449 e. The average Bonchev–Trinajstić information content (AvgIpc) is 3.84. The van der Waals surface area contributed by atoms with Crippen molar-refractivity contribution in [3.05, 3.63) is 125 Å². The lowest BCUT2D eigenvalue weighted by Crippen LogP contribution is -2.54. The molecule has 3 atom stereocenters. The first-order valence-electron chi connectivity index (χ1n) is 20.1. The Morgan fingerprint density at radius 3 is 2.24 bits per heavy atom. The molecule has 310 valence electrons. The van der Waals surface area contributed by atoms with Gasteiger partial charge in [0.1, 0.15) is 30.1 Å². The Morgan fingerprint density at radius 2 is 1.58 bits per heavy atom. The van der Waals surface area contributed by atoms with Crippen LogP contribution in [0.4, 0.5) is 14.0 Å². The summed E-state index contributed by atoms with van der Waals surface area (Å²) in [6.45, 7) is 7.66. The molecule has 12 nitrogen and oxygen atoms in total. The summed E-state index contributed by atoms with van der Waals surface area (Å²) in [6, 6.07) is 20.9. The van der Waals surface area contributed by atoms with Crippen LogP contribution in [-0.2, 0) is 19.1 Å². The molecule has 2 heterocycles. The van der Waals surface area contributed by atoms with Crippen LogP contribution in [0.1, 0.15) is 104 Å². The van der Waals surface area contributed by atoms with E-state index in [1.54, 1.807) is 44.9 Å². The minimum atomic E-state index is -0.955. The highest BCUT2D eigenvalue weighted by Crippen LogP contribution is 2.44. The molecule has 0 spiro atoms. The Hall–Kier alpha value is -6.11. The molecule has 0 bridgehead atoms. The summed E-state index contributed by atoms with van der Waals surface area (Å²) in [5.74, 6) is -1.68. The maximum atomic E-state index is 14.4. The lowest BCUT2D eigenvalue weighted by atomic mass is 9.98. The number of halogens is 1. The number of rotatable bonds is 14. The zero-order chi connectivity index (χ0) is 42.3. The fraction of sp³-hybridized carbons (Fsp3) is 0.391. The van der Waals surface area contributed by atoms with Gasteiger partial charge in [0.25, 0.3) is 0 Å². The van der Waals surface area contributed by atoms with Gasteiger partial charge in [-0.05, 0) is 118 Å². The molecular formula is C46H52FN5O7. The zero-order valence-corrected chi connectivity index (χ0v) is 34.2. The summed E-state index contributed by atoms with van der Waals surface area (Å²) in [6.07, 6.45) is 4.38. The first-order chi connectivity index (χ1) is 28.2. The second kappa shape index (κ2) is 18.6. The molecule has 59 heavy (non-hydrogen) atoms. The van der Waals surface area contributed by atoms with Crippen LogP contribution in [0.2, 0.25) is 0 Å².